The first-order valence-corrected chi connectivity index (χ1v) is 13.0. The smallest absolute Gasteiger partial charge is 0.320 e. The number of benzene rings is 2. The molecule has 2 heterocycles. The molecule has 3 unspecified atom stereocenters. The van der Waals surface area contributed by atoms with E-state index < -0.39 is 23.8 Å². The van der Waals surface area contributed by atoms with E-state index >= 15 is 0 Å². The Morgan fingerprint density at radius 2 is 1.88 bits per heavy atom. The van der Waals surface area contributed by atoms with Crippen molar-refractivity contribution in [2.45, 2.75) is 25.0 Å². The average molecular weight is 560 g/mol. The number of anilines is 1. The molecule has 3 aromatic rings. The van der Waals surface area contributed by atoms with Crippen LogP contribution in [0.4, 0.5) is 19.4 Å². The van der Waals surface area contributed by atoms with Crippen LogP contribution in [0.15, 0.2) is 48.5 Å². The lowest BCUT2D eigenvalue weighted by Crippen LogP contribution is -2.42. The number of aliphatic hydroxyl groups is 1. The largest absolute Gasteiger partial charge is 0.474 e. The summed E-state index contributed by atoms with van der Waals surface area (Å²) in [5, 5.41) is 20.4. The second-order valence-corrected chi connectivity index (χ2v) is 9.68. The average Bonchev–Trinajstić information content (AvgIpc) is 3.48. The van der Waals surface area contributed by atoms with Crippen molar-refractivity contribution >= 4 is 11.8 Å². The number of carbonyl (C=O) groups excluding carboxylic acids is 1. The Labute approximate surface area is 231 Å². The quantitative estimate of drug-likeness (QED) is 0.313. The summed E-state index contributed by atoms with van der Waals surface area (Å²) in [6.45, 7) is 4.00. The lowest BCUT2D eigenvalue weighted by atomic mass is 9.94. The van der Waals surface area contributed by atoms with E-state index in [1.807, 2.05) is 30.3 Å². The Morgan fingerprint density at radius 3 is 2.58 bits per heavy atom. The highest BCUT2D eigenvalue weighted by Gasteiger charge is 2.35. The van der Waals surface area contributed by atoms with Gasteiger partial charge in [0.1, 0.15) is 18.5 Å². The summed E-state index contributed by atoms with van der Waals surface area (Å²) in [6, 6.07) is 12.2. The summed E-state index contributed by atoms with van der Waals surface area (Å²) in [7, 11) is 3.10. The summed E-state index contributed by atoms with van der Waals surface area (Å²) >= 11 is 0. The molecule has 12 heteroatoms. The van der Waals surface area contributed by atoms with Crippen molar-refractivity contribution in [1.29, 1.82) is 0 Å². The molecule has 1 aromatic heterocycles. The molecule has 1 saturated heterocycles. The number of likely N-dealkylation sites (tertiary alicyclic amines) is 1. The maximum absolute atomic E-state index is 14.1. The molecule has 0 spiro atoms. The fourth-order valence-electron chi connectivity index (χ4n) is 4.76. The van der Waals surface area contributed by atoms with Gasteiger partial charge in [-0.05, 0) is 36.8 Å². The molecule has 3 N–H and O–H groups in total. The zero-order chi connectivity index (χ0) is 28.6. The van der Waals surface area contributed by atoms with Gasteiger partial charge in [0.15, 0.2) is 11.6 Å². The van der Waals surface area contributed by atoms with Crippen LogP contribution in [0, 0.1) is 18.6 Å². The van der Waals surface area contributed by atoms with Crippen LogP contribution in [0.1, 0.15) is 17.0 Å². The van der Waals surface area contributed by atoms with E-state index in [2.05, 4.69) is 20.6 Å². The van der Waals surface area contributed by atoms with Gasteiger partial charge in [0.25, 0.3) is 0 Å². The van der Waals surface area contributed by atoms with Crippen molar-refractivity contribution in [3.63, 3.8) is 0 Å². The van der Waals surface area contributed by atoms with Crippen LogP contribution in [0.2, 0.25) is 0 Å². The highest BCUT2D eigenvalue weighted by atomic mass is 19.2. The monoisotopic (exact) mass is 559 g/mol. The highest BCUT2D eigenvalue weighted by molar-refractivity contribution is 5.90. The lowest BCUT2D eigenvalue weighted by molar-refractivity contribution is 0.0311. The predicted octanol–water partition coefficient (Wildman–Crippen LogP) is 3.08. The van der Waals surface area contributed by atoms with Crippen molar-refractivity contribution in [3.05, 3.63) is 71.3 Å². The molecule has 1 aliphatic rings. The number of nitrogens with one attached hydrogen (secondary N) is 2. The molecule has 40 heavy (non-hydrogen) atoms. The highest BCUT2D eigenvalue weighted by Crippen LogP contribution is 2.31. The summed E-state index contributed by atoms with van der Waals surface area (Å²) < 4.78 is 45.1. The topological polar surface area (TPSA) is 110 Å². The number of halogens is 2. The van der Waals surface area contributed by atoms with Gasteiger partial charge in [0.2, 0.25) is 5.88 Å². The molecule has 4 rings (SSSR count). The molecular weight excluding hydrogens is 524 g/mol. The molecule has 0 aliphatic carbocycles. The molecule has 2 aromatic carbocycles. The standard InChI is InChI=1S/C28H35F2N5O5/c1-18-26(35(20-7-5-4-6-8-20)33-27(18)40-17-21(36)16-39-3)32-28(37)31-25-15-34(11-12-38-2)14-22(25)19-9-10-23(29)24(30)13-19/h4-10,13,21-22,25,36H,11-12,14-17H2,1-3H3,(H2,31,32,37). The number of urea groups is 1. The molecule has 0 saturated carbocycles. The van der Waals surface area contributed by atoms with Crippen LogP contribution >= 0.6 is 0 Å². The van der Waals surface area contributed by atoms with Crippen LogP contribution in [-0.2, 0) is 9.47 Å². The fourth-order valence-corrected chi connectivity index (χ4v) is 4.76. The zero-order valence-corrected chi connectivity index (χ0v) is 22.8. The number of carbonyl (C=O) groups is 1. The van der Waals surface area contributed by atoms with Gasteiger partial charge >= 0.3 is 6.03 Å². The van der Waals surface area contributed by atoms with Gasteiger partial charge in [0.05, 0.1) is 30.5 Å². The first-order valence-electron chi connectivity index (χ1n) is 13.0. The number of hydrogen-bond donors (Lipinski definition) is 3. The number of para-hydroxylation sites is 1. The van der Waals surface area contributed by atoms with E-state index in [0.717, 1.165) is 6.07 Å². The van der Waals surface area contributed by atoms with Gasteiger partial charge in [-0.1, -0.05) is 24.3 Å². The minimum atomic E-state index is -0.929. The van der Waals surface area contributed by atoms with Crippen molar-refractivity contribution in [1.82, 2.24) is 20.0 Å². The van der Waals surface area contributed by atoms with E-state index in [9.17, 15) is 18.7 Å². The summed E-state index contributed by atoms with van der Waals surface area (Å²) in [5.74, 6) is -1.47. The van der Waals surface area contributed by atoms with E-state index in [-0.39, 0.29) is 31.1 Å². The summed E-state index contributed by atoms with van der Waals surface area (Å²) in [5.41, 5.74) is 1.85. The third-order valence-corrected chi connectivity index (χ3v) is 6.78. The summed E-state index contributed by atoms with van der Waals surface area (Å²) in [6.07, 6.45) is -0.845. The number of ether oxygens (including phenoxy) is 3. The second kappa shape index (κ2) is 13.7. The molecule has 216 valence electrons. The molecule has 0 bridgehead atoms. The Hall–Kier alpha value is -3.58. The number of aliphatic hydroxyl groups excluding tert-OH is 1. The molecular formula is C28H35F2N5O5. The van der Waals surface area contributed by atoms with Crippen LogP contribution in [-0.4, -0.2) is 91.6 Å². The number of methoxy groups -OCH3 is 2. The van der Waals surface area contributed by atoms with Crippen LogP contribution in [0.3, 0.4) is 0 Å². The predicted molar refractivity (Wildman–Crippen MR) is 145 cm³/mol. The minimum absolute atomic E-state index is 0.0403. The van der Waals surface area contributed by atoms with E-state index in [1.54, 1.807) is 24.8 Å². The Bertz CT molecular complexity index is 1280. The molecule has 0 radical (unpaired) electrons. The molecule has 1 fully saturated rings. The van der Waals surface area contributed by atoms with Crippen LogP contribution in [0.25, 0.3) is 5.69 Å². The van der Waals surface area contributed by atoms with Crippen molar-refractivity contribution < 1.29 is 32.9 Å². The van der Waals surface area contributed by atoms with Gasteiger partial charge in [-0.25, -0.2) is 18.3 Å². The maximum Gasteiger partial charge on any atom is 0.320 e. The van der Waals surface area contributed by atoms with Gasteiger partial charge < -0.3 is 24.6 Å². The van der Waals surface area contributed by atoms with E-state index in [1.165, 1.54) is 13.2 Å². The Kier molecular flexibility index (Phi) is 10.0. The maximum atomic E-state index is 14.1. The van der Waals surface area contributed by atoms with Gasteiger partial charge in [0, 0.05) is 39.8 Å². The van der Waals surface area contributed by atoms with Gasteiger partial charge in [-0.3, -0.25) is 10.2 Å². The minimum Gasteiger partial charge on any atom is -0.474 e. The lowest BCUT2D eigenvalue weighted by Gasteiger charge is -2.21. The second-order valence-electron chi connectivity index (χ2n) is 9.68. The molecule has 1 aliphatic heterocycles. The first kappa shape index (κ1) is 29.4. The number of aromatic nitrogens is 2. The number of amides is 2. The van der Waals surface area contributed by atoms with Crippen molar-refractivity contribution in [2.75, 3.05) is 59.0 Å². The SMILES string of the molecule is COCCN1CC(NC(=O)Nc2c(C)c(OCC(O)COC)nn2-c2ccccc2)C(c2ccc(F)c(F)c2)C1. The van der Waals surface area contributed by atoms with Gasteiger partial charge in [-0.15, -0.1) is 5.10 Å². The summed E-state index contributed by atoms with van der Waals surface area (Å²) in [4.78, 5) is 15.5. The van der Waals surface area contributed by atoms with Gasteiger partial charge in [-0.2, -0.15) is 0 Å². The first-order chi connectivity index (χ1) is 19.3. The molecule has 10 nitrogen and oxygen atoms in total. The molecule has 2 amide bonds. The normalized spacial score (nSPS) is 18.1. The van der Waals surface area contributed by atoms with E-state index in [4.69, 9.17) is 14.2 Å². The van der Waals surface area contributed by atoms with Crippen LogP contribution < -0.4 is 15.4 Å². The zero-order valence-electron chi connectivity index (χ0n) is 22.8. The number of rotatable bonds is 12. The van der Waals surface area contributed by atoms with Crippen LogP contribution in [0.5, 0.6) is 5.88 Å². The third-order valence-electron chi connectivity index (χ3n) is 6.78. The molecule has 3 atom stereocenters. The number of hydrogen-bond acceptors (Lipinski definition) is 7. The van der Waals surface area contributed by atoms with Crippen molar-refractivity contribution in [2.24, 2.45) is 0 Å². The fraction of sp³-hybridized carbons (Fsp3) is 0.429. The van der Waals surface area contributed by atoms with Crippen molar-refractivity contribution in [3.8, 4) is 11.6 Å². The Morgan fingerprint density at radius 1 is 1.10 bits per heavy atom. The number of nitrogens with zero attached hydrogens (tertiary/aromatic N) is 3. The third kappa shape index (κ3) is 7.13. The Balaban J connectivity index is 1.55. The van der Waals surface area contributed by atoms with E-state index in [0.29, 0.717) is 48.9 Å².